The summed E-state index contributed by atoms with van der Waals surface area (Å²) in [6, 6.07) is 4.51. The van der Waals surface area contributed by atoms with Gasteiger partial charge < -0.3 is 10.2 Å². The zero-order valence-corrected chi connectivity index (χ0v) is 7.05. The second-order valence-corrected chi connectivity index (χ2v) is 2.37. The first-order chi connectivity index (χ1) is 6.20. The number of nitrogens with two attached hydrogens (primary N) is 1. The SMILES string of the molecule is COc1cccc(NN)c1C(F)F. The van der Waals surface area contributed by atoms with Crippen molar-refractivity contribution < 1.29 is 13.5 Å². The maximum absolute atomic E-state index is 12.5. The average molecular weight is 188 g/mol. The highest BCUT2D eigenvalue weighted by Crippen LogP contribution is 2.34. The molecule has 0 fully saturated rings. The molecule has 0 spiro atoms. The quantitative estimate of drug-likeness (QED) is 0.562. The summed E-state index contributed by atoms with van der Waals surface area (Å²) in [5, 5.41) is 0. The number of alkyl halides is 2. The van der Waals surface area contributed by atoms with Crippen LogP contribution in [0.1, 0.15) is 12.0 Å². The van der Waals surface area contributed by atoms with Crippen molar-refractivity contribution in [2.24, 2.45) is 5.84 Å². The van der Waals surface area contributed by atoms with Crippen molar-refractivity contribution in [3.05, 3.63) is 23.8 Å². The monoisotopic (exact) mass is 188 g/mol. The molecule has 3 N–H and O–H groups in total. The molecule has 0 unspecified atom stereocenters. The Bertz CT molecular complexity index is 269. The summed E-state index contributed by atoms with van der Waals surface area (Å²) in [6.07, 6.45) is -2.61. The number of benzene rings is 1. The van der Waals surface area contributed by atoms with Gasteiger partial charge in [0.25, 0.3) is 6.43 Å². The number of anilines is 1. The predicted molar refractivity (Wildman–Crippen MR) is 45.8 cm³/mol. The van der Waals surface area contributed by atoms with Crippen LogP contribution in [0, 0.1) is 0 Å². The fourth-order valence-corrected chi connectivity index (χ4v) is 1.07. The highest BCUT2D eigenvalue weighted by atomic mass is 19.3. The Hall–Kier alpha value is -1.36. The van der Waals surface area contributed by atoms with Gasteiger partial charge in [-0.1, -0.05) is 6.07 Å². The summed E-state index contributed by atoms with van der Waals surface area (Å²) >= 11 is 0. The van der Waals surface area contributed by atoms with E-state index in [0.29, 0.717) is 0 Å². The van der Waals surface area contributed by atoms with Gasteiger partial charge in [-0.15, -0.1) is 0 Å². The van der Waals surface area contributed by atoms with Gasteiger partial charge >= 0.3 is 0 Å². The molecule has 0 atom stereocenters. The van der Waals surface area contributed by atoms with Gasteiger partial charge in [0.2, 0.25) is 0 Å². The van der Waals surface area contributed by atoms with Crippen molar-refractivity contribution >= 4 is 5.69 Å². The highest BCUT2D eigenvalue weighted by Gasteiger charge is 2.17. The van der Waals surface area contributed by atoms with Crippen molar-refractivity contribution in [3.8, 4) is 5.75 Å². The number of halogens is 2. The summed E-state index contributed by atoms with van der Waals surface area (Å²) < 4.78 is 29.7. The van der Waals surface area contributed by atoms with E-state index in [1.54, 1.807) is 6.07 Å². The molecule has 1 aromatic carbocycles. The van der Waals surface area contributed by atoms with Crippen LogP contribution in [-0.4, -0.2) is 7.11 Å². The van der Waals surface area contributed by atoms with Crippen LogP contribution in [0.2, 0.25) is 0 Å². The Kier molecular flexibility index (Phi) is 3.02. The lowest BCUT2D eigenvalue weighted by molar-refractivity contribution is 0.148. The van der Waals surface area contributed by atoms with Gasteiger partial charge in [0, 0.05) is 0 Å². The first-order valence-corrected chi connectivity index (χ1v) is 3.62. The molecule has 0 aromatic heterocycles. The van der Waals surface area contributed by atoms with Gasteiger partial charge in [-0.2, -0.15) is 0 Å². The standard InChI is InChI=1S/C8H10F2N2O/c1-13-6-4-2-3-5(12-11)7(6)8(9)10/h2-4,8,12H,11H2,1H3. The van der Waals surface area contributed by atoms with Crippen molar-refractivity contribution in [2.75, 3.05) is 12.5 Å². The summed E-state index contributed by atoms with van der Waals surface area (Å²) in [7, 11) is 1.33. The molecule has 1 rings (SSSR count). The molecule has 0 saturated heterocycles. The van der Waals surface area contributed by atoms with E-state index in [1.807, 2.05) is 0 Å². The van der Waals surface area contributed by atoms with E-state index in [1.165, 1.54) is 19.2 Å². The first-order valence-electron chi connectivity index (χ1n) is 3.62. The number of ether oxygens (including phenoxy) is 1. The molecule has 72 valence electrons. The maximum Gasteiger partial charge on any atom is 0.269 e. The topological polar surface area (TPSA) is 47.3 Å². The van der Waals surface area contributed by atoms with Crippen molar-refractivity contribution in [1.29, 1.82) is 0 Å². The van der Waals surface area contributed by atoms with E-state index in [-0.39, 0.29) is 17.0 Å². The van der Waals surface area contributed by atoms with Crippen molar-refractivity contribution in [2.45, 2.75) is 6.43 Å². The van der Waals surface area contributed by atoms with Crippen LogP contribution in [0.15, 0.2) is 18.2 Å². The van der Waals surface area contributed by atoms with E-state index in [0.717, 1.165) is 0 Å². The lowest BCUT2D eigenvalue weighted by atomic mass is 10.1. The van der Waals surface area contributed by atoms with Gasteiger partial charge in [-0.05, 0) is 12.1 Å². The van der Waals surface area contributed by atoms with E-state index < -0.39 is 6.43 Å². The number of rotatable bonds is 3. The van der Waals surface area contributed by atoms with Crippen LogP contribution < -0.4 is 16.0 Å². The van der Waals surface area contributed by atoms with E-state index in [2.05, 4.69) is 5.43 Å². The molecule has 0 radical (unpaired) electrons. The third kappa shape index (κ3) is 1.86. The third-order valence-electron chi connectivity index (χ3n) is 1.66. The largest absolute Gasteiger partial charge is 0.496 e. The van der Waals surface area contributed by atoms with E-state index in [4.69, 9.17) is 10.6 Å². The predicted octanol–water partition coefficient (Wildman–Crippen LogP) is 1.92. The molecule has 3 nitrogen and oxygen atoms in total. The average Bonchev–Trinajstić information content (AvgIpc) is 2.16. The fraction of sp³-hybridized carbons (Fsp3) is 0.250. The molecule has 13 heavy (non-hydrogen) atoms. The summed E-state index contributed by atoms with van der Waals surface area (Å²) in [4.78, 5) is 0. The maximum atomic E-state index is 12.5. The number of hydrazine groups is 1. The molecule has 0 aliphatic heterocycles. The minimum Gasteiger partial charge on any atom is -0.496 e. The lowest BCUT2D eigenvalue weighted by Gasteiger charge is -2.11. The van der Waals surface area contributed by atoms with Gasteiger partial charge in [-0.3, -0.25) is 5.84 Å². The van der Waals surface area contributed by atoms with Crippen LogP contribution in [0.25, 0.3) is 0 Å². The normalized spacial score (nSPS) is 10.2. The number of hydrogen-bond acceptors (Lipinski definition) is 3. The molecule has 0 heterocycles. The van der Waals surface area contributed by atoms with Gasteiger partial charge in [0.1, 0.15) is 5.75 Å². The lowest BCUT2D eigenvalue weighted by Crippen LogP contribution is -2.10. The smallest absolute Gasteiger partial charge is 0.269 e. The van der Waals surface area contributed by atoms with Crippen LogP contribution in [0.3, 0.4) is 0 Å². The van der Waals surface area contributed by atoms with Gasteiger partial charge in [0.05, 0.1) is 18.4 Å². The Balaban J connectivity index is 3.21. The van der Waals surface area contributed by atoms with Crippen LogP contribution >= 0.6 is 0 Å². The van der Waals surface area contributed by atoms with Crippen LogP contribution in [0.5, 0.6) is 5.75 Å². The van der Waals surface area contributed by atoms with Crippen molar-refractivity contribution in [3.63, 3.8) is 0 Å². The second-order valence-electron chi connectivity index (χ2n) is 2.37. The zero-order valence-electron chi connectivity index (χ0n) is 7.05. The Morgan fingerprint density at radius 1 is 1.46 bits per heavy atom. The highest BCUT2D eigenvalue weighted by molar-refractivity contribution is 5.57. The van der Waals surface area contributed by atoms with Crippen LogP contribution in [0.4, 0.5) is 14.5 Å². The fourth-order valence-electron chi connectivity index (χ4n) is 1.07. The summed E-state index contributed by atoms with van der Waals surface area (Å²) in [5.41, 5.74) is 2.15. The molecule has 0 amide bonds. The summed E-state index contributed by atoms with van der Waals surface area (Å²) in [5.74, 6) is 5.20. The first kappa shape index (κ1) is 9.73. The molecule has 1 aromatic rings. The minimum absolute atomic E-state index is 0.130. The molecule has 0 bridgehead atoms. The second kappa shape index (κ2) is 4.04. The minimum atomic E-state index is -2.61. The molecule has 0 aliphatic rings. The molecule has 0 aliphatic carbocycles. The number of nitrogen functional groups attached to an aromatic ring is 1. The Morgan fingerprint density at radius 2 is 2.15 bits per heavy atom. The van der Waals surface area contributed by atoms with E-state index in [9.17, 15) is 8.78 Å². The summed E-state index contributed by atoms with van der Waals surface area (Å²) in [6.45, 7) is 0. The van der Waals surface area contributed by atoms with E-state index >= 15 is 0 Å². The molecule has 0 saturated carbocycles. The van der Waals surface area contributed by atoms with Gasteiger partial charge in [-0.25, -0.2) is 8.78 Å². The number of methoxy groups -OCH3 is 1. The Labute approximate surface area is 74.5 Å². The third-order valence-corrected chi connectivity index (χ3v) is 1.66. The molecular weight excluding hydrogens is 178 g/mol. The van der Waals surface area contributed by atoms with Gasteiger partial charge in [0.15, 0.2) is 0 Å². The number of hydrogen-bond donors (Lipinski definition) is 2. The molecular formula is C8H10F2N2O. The molecule has 5 heteroatoms. The van der Waals surface area contributed by atoms with Crippen LogP contribution in [-0.2, 0) is 0 Å². The zero-order chi connectivity index (χ0) is 9.84. The Morgan fingerprint density at radius 3 is 2.62 bits per heavy atom. The number of nitrogens with one attached hydrogen (secondary N) is 1. The van der Waals surface area contributed by atoms with Crippen molar-refractivity contribution in [1.82, 2.24) is 0 Å².